The highest BCUT2D eigenvalue weighted by Gasteiger charge is 2.39. The van der Waals surface area contributed by atoms with Gasteiger partial charge in [-0.2, -0.15) is 10.1 Å². The van der Waals surface area contributed by atoms with E-state index in [1.54, 1.807) is 30.3 Å². The molecule has 3 aromatic carbocycles. The van der Waals surface area contributed by atoms with Crippen molar-refractivity contribution < 1.29 is 18.7 Å². The number of methoxy groups -OCH3 is 1. The molecule has 0 fully saturated rings. The van der Waals surface area contributed by atoms with Crippen molar-refractivity contribution in [3.05, 3.63) is 94.8 Å². The summed E-state index contributed by atoms with van der Waals surface area (Å²) < 4.78 is 19.3. The highest BCUT2D eigenvalue weighted by atomic mass is 35.5. The minimum Gasteiger partial charge on any atom is -0.497 e. The van der Waals surface area contributed by atoms with Crippen LogP contribution in [-0.4, -0.2) is 40.1 Å². The minimum atomic E-state index is -0.734. The van der Waals surface area contributed by atoms with Gasteiger partial charge in [-0.05, 0) is 47.5 Å². The maximum atomic E-state index is 13.9. The first-order valence-corrected chi connectivity index (χ1v) is 12.8. The van der Waals surface area contributed by atoms with E-state index in [-0.39, 0.29) is 18.2 Å². The summed E-state index contributed by atoms with van der Waals surface area (Å²) in [6.07, 6.45) is 0.428. The summed E-state index contributed by atoms with van der Waals surface area (Å²) >= 11 is 7.24. The molecular weight excluding hydrogens is 515 g/mol. The molecule has 2 atom stereocenters. The van der Waals surface area contributed by atoms with Crippen LogP contribution in [0.2, 0.25) is 5.02 Å². The topological polar surface area (TPSA) is 83.4 Å². The van der Waals surface area contributed by atoms with Crippen LogP contribution in [0.4, 0.5) is 10.1 Å². The number of amides is 2. The number of carbonyl (C=O) groups excluding carboxylic acids is 2. The molecule has 188 valence electrons. The van der Waals surface area contributed by atoms with Gasteiger partial charge in [0.15, 0.2) is 5.17 Å². The fraction of sp³-hybridized carbons (Fsp3) is 0.185. The van der Waals surface area contributed by atoms with E-state index in [1.807, 2.05) is 36.4 Å². The maximum Gasteiger partial charge on any atom is 0.262 e. The van der Waals surface area contributed by atoms with Crippen molar-refractivity contribution in [1.29, 1.82) is 0 Å². The molecule has 0 spiro atoms. The molecule has 7 nitrogen and oxygen atoms in total. The summed E-state index contributed by atoms with van der Waals surface area (Å²) in [7, 11) is 1.60. The number of hydrogen-bond acceptors (Lipinski definition) is 6. The number of ether oxygens (including phenoxy) is 1. The van der Waals surface area contributed by atoms with Crippen LogP contribution in [0.15, 0.2) is 82.9 Å². The zero-order chi connectivity index (χ0) is 25.9. The maximum absolute atomic E-state index is 13.9. The van der Waals surface area contributed by atoms with E-state index in [2.05, 4.69) is 10.3 Å². The van der Waals surface area contributed by atoms with Gasteiger partial charge in [-0.25, -0.2) is 9.40 Å². The van der Waals surface area contributed by atoms with Crippen molar-refractivity contribution in [3.8, 4) is 5.75 Å². The van der Waals surface area contributed by atoms with Crippen molar-refractivity contribution in [2.24, 2.45) is 10.1 Å². The molecule has 0 radical (unpaired) electrons. The van der Waals surface area contributed by atoms with E-state index in [1.165, 1.54) is 30.0 Å². The van der Waals surface area contributed by atoms with E-state index >= 15 is 0 Å². The Balaban J connectivity index is 1.37. The second kappa shape index (κ2) is 10.7. The second-order valence-electron chi connectivity index (χ2n) is 8.47. The summed E-state index contributed by atoms with van der Waals surface area (Å²) in [5, 5.41) is 9.38. The molecule has 0 saturated carbocycles. The molecule has 0 unspecified atom stereocenters. The van der Waals surface area contributed by atoms with Gasteiger partial charge in [0.2, 0.25) is 5.91 Å². The lowest BCUT2D eigenvalue weighted by atomic mass is 9.98. The molecule has 2 amide bonds. The van der Waals surface area contributed by atoms with Crippen LogP contribution in [0.25, 0.3) is 0 Å². The highest BCUT2D eigenvalue weighted by molar-refractivity contribution is 8.15. The molecular formula is C27H22ClFN4O3S. The van der Waals surface area contributed by atoms with Crippen LogP contribution in [0.1, 0.15) is 30.0 Å². The fourth-order valence-corrected chi connectivity index (χ4v) is 5.34. The van der Waals surface area contributed by atoms with Crippen LogP contribution < -0.4 is 10.1 Å². The predicted molar refractivity (Wildman–Crippen MR) is 144 cm³/mol. The molecule has 1 N–H and O–H groups in total. The number of aliphatic imine (C=N–C) groups is 1. The van der Waals surface area contributed by atoms with E-state index in [4.69, 9.17) is 21.4 Å². The number of carbonyl (C=O) groups is 2. The molecule has 0 saturated heterocycles. The van der Waals surface area contributed by atoms with Crippen molar-refractivity contribution in [3.63, 3.8) is 0 Å². The smallest absolute Gasteiger partial charge is 0.262 e. The molecule has 0 aromatic heterocycles. The first-order valence-electron chi connectivity index (χ1n) is 11.5. The quantitative estimate of drug-likeness (QED) is 0.439. The van der Waals surface area contributed by atoms with Gasteiger partial charge in [0.05, 0.1) is 24.6 Å². The van der Waals surface area contributed by atoms with Crippen molar-refractivity contribution in [2.45, 2.75) is 24.1 Å². The van der Waals surface area contributed by atoms with Gasteiger partial charge < -0.3 is 10.1 Å². The third-order valence-corrected chi connectivity index (χ3v) is 7.40. The summed E-state index contributed by atoms with van der Waals surface area (Å²) in [6.45, 7) is 0. The number of anilines is 1. The lowest BCUT2D eigenvalue weighted by Gasteiger charge is -2.23. The second-order valence-corrected chi connectivity index (χ2v) is 10.1. The zero-order valence-electron chi connectivity index (χ0n) is 19.7. The molecule has 3 aromatic rings. The molecule has 10 heteroatoms. The molecule has 0 aliphatic carbocycles. The van der Waals surface area contributed by atoms with E-state index in [0.29, 0.717) is 22.4 Å². The monoisotopic (exact) mass is 536 g/mol. The largest absolute Gasteiger partial charge is 0.497 e. The SMILES string of the molecule is COc1cccc([C@H]2CC(c3ccc(Cl)cc3)=NN2C2=NC(=O)[C@@H](CC(=O)Nc3ccccc3F)S2)c1. The lowest BCUT2D eigenvalue weighted by Crippen LogP contribution is -2.25. The number of hydrogen-bond donors (Lipinski definition) is 1. The number of nitrogens with zero attached hydrogens (tertiary/aromatic N) is 3. The number of rotatable bonds is 6. The fourth-order valence-electron chi connectivity index (χ4n) is 4.15. The Morgan fingerprint density at radius 2 is 1.95 bits per heavy atom. The normalized spacial score (nSPS) is 19.0. The first kappa shape index (κ1) is 25.0. The molecule has 2 heterocycles. The number of halogens is 2. The molecule has 0 bridgehead atoms. The number of nitrogens with one attached hydrogen (secondary N) is 1. The number of benzene rings is 3. The Labute approximate surface area is 222 Å². The van der Waals surface area contributed by atoms with E-state index in [9.17, 15) is 14.0 Å². The third-order valence-electron chi connectivity index (χ3n) is 6.01. The van der Waals surface area contributed by atoms with Gasteiger partial charge in [-0.1, -0.05) is 59.8 Å². The van der Waals surface area contributed by atoms with Crippen LogP contribution in [0.5, 0.6) is 5.75 Å². The Morgan fingerprint density at radius 1 is 1.16 bits per heavy atom. The number of hydrazone groups is 1. The molecule has 5 rings (SSSR count). The molecule has 37 heavy (non-hydrogen) atoms. The summed E-state index contributed by atoms with van der Waals surface area (Å²) in [4.78, 5) is 29.6. The number of thioether (sulfide) groups is 1. The average Bonchev–Trinajstić information content (AvgIpc) is 3.50. The summed E-state index contributed by atoms with van der Waals surface area (Å²) in [5.41, 5.74) is 2.75. The van der Waals surface area contributed by atoms with Crippen molar-refractivity contribution in [1.82, 2.24) is 5.01 Å². The van der Waals surface area contributed by atoms with Crippen molar-refractivity contribution >= 4 is 51.7 Å². The predicted octanol–water partition coefficient (Wildman–Crippen LogP) is 5.67. The van der Waals surface area contributed by atoms with Crippen LogP contribution in [0, 0.1) is 5.82 Å². The first-order chi connectivity index (χ1) is 17.9. The van der Waals surface area contributed by atoms with Crippen LogP contribution in [-0.2, 0) is 9.59 Å². The Kier molecular flexibility index (Phi) is 7.25. The molecule has 2 aliphatic rings. The minimum absolute atomic E-state index is 0.0684. The average molecular weight is 537 g/mol. The van der Waals surface area contributed by atoms with Gasteiger partial charge in [0, 0.05) is 17.9 Å². The Morgan fingerprint density at radius 3 is 2.70 bits per heavy atom. The van der Waals surface area contributed by atoms with Gasteiger partial charge in [-0.15, -0.1) is 0 Å². The van der Waals surface area contributed by atoms with Crippen molar-refractivity contribution in [2.75, 3.05) is 12.4 Å². The zero-order valence-corrected chi connectivity index (χ0v) is 21.3. The molecule has 2 aliphatic heterocycles. The summed E-state index contributed by atoms with van der Waals surface area (Å²) in [5.74, 6) is -0.732. The Hall–Kier alpha value is -3.69. The standard InChI is InChI=1S/C27H22ClFN4O3S/c1-36-19-6-4-5-17(13-19)23-14-22(16-9-11-18(28)12-10-16)32-33(23)27-31-26(35)24(37-27)15-25(34)30-21-8-3-2-7-20(21)29/h2-13,23-24H,14-15H2,1H3,(H,30,34)/t23-,24-/m1/s1. The van der Waals surface area contributed by atoms with Crippen LogP contribution in [0.3, 0.4) is 0 Å². The summed E-state index contributed by atoms with van der Waals surface area (Å²) in [6, 6.07) is 20.7. The lowest BCUT2D eigenvalue weighted by molar-refractivity contribution is -0.121. The van der Waals surface area contributed by atoms with Gasteiger partial charge in [0.1, 0.15) is 16.8 Å². The highest BCUT2D eigenvalue weighted by Crippen LogP contribution is 2.39. The van der Waals surface area contributed by atoms with Gasteiger partial charge in [-0.3, -0.25) is 9.59 Å². The van der Waals surface area contributed by atoms with E-state index in [0.717, 1.165) is 16.8 Å². The van der Waals surface area contributed by atoms with Gasteiger partial charge >= 0.3 is 0 Å². The third kappa shape index (κ3) is 5.52. The van der Waals surface area contributed by atoms with Crippen LogP contribution >= 0.6 is 23.4 Å². The van der Waals surface area contributed by atoms with E-state index < -0.39 is 22.9 Å². The number of para-hydroxylation sites is 1. The Bertz CT molecular complexity index is 1410. The number of amidine groups is 1. The van der Waals surface area contributed by atoms with Gasteiger partial charge in [0.25, 0.3) is 5.91 Å².